The fraction of sp³-hybridized carbons (Fsp3) is 0.143. The Labute approximate surface area is 176 Å². The van der Waals surface area contributed by atoms with E-state index in [1.165, 1.54) is 11.3 Å². The molecule has 0 radical (unpaired) electrons. The van der Waals surface area contributed by atoms with Crippen LogP contribution in [0, 0.1) is 6.92 Å². The third kappa shape index (κ3) is 4.21. The van der Waals surface area contributed by atoms with Crippen LogP contribution in [-0.2, 0) is 4.74 Å². The Morgan fingerprint density at radius 2 is 1.79 bits per heavy atom. The number of esters is 1. The van der Waals surface area contributed by atoms with Crippen molar-refractivity contribution in [2.24, 2.45) is 0 Å². The van der Waals surface area contributed by atoms with Crippen LogP contribution in [0.5, 0.6) is 0 Å². The van der Waals surface area contributed by atoms with Gasteiger partial charge in [0.05, 0.1) is 5.69 Å². The number of thiazole rings is 1. The summed E-state index contributed by atoms with van der Waals surface area (Å²) in [5, 5.41) is 9.40. The molecule has 0 fully saturated rings. The van der Waals surface area contributed by atoms with Gasteiger partial charge in [-0.15, -0.1) is 21.5 Å². The topological polar surface area (TPSA) is 78.1 Å². The average Bonchev–Trinajstić information content (AvgIpc) is 3.36. The van der Waals surface area contributed by atoms with Gasteiger partial charge in [-0.25, -0.2) is 9.78 Å². The van der Waals surface area contributed by atoms with Gasteiger partial charge in [0.1, 0.15) is 9.88 Å². The maximum atomic E-state index is 12.7. The monoisotopic (exact) mass is 425 g/mol. The predicted octanol–water partition coefficient (Wildman–Crippen LogP) is 5.74. The summed E-state index contributed by atoms with van der Waals surface area (Å²) >= 11 is 7.20. The largest absolute Gasteiger partial charge is 0.448 e. The molecule has 29 heavy (non-hydrogen) atoms. The van der Waals surface area contributed by atoms with E-state index >= 15 is 0 Å². The Hall–Kier alpha value is -3.03. The zero-order valence-corrected chi connectivity index (χ0v) is 17.2. The first-order valence-corrected chi connectivity index (χ1v) is 10.0. The first-order valence-electron chi connectivity index (χ1n) is 8.84. The van der Waals surface area contributed by atoms with Gasteiger partial charge in [-0.3, -0.25) is 0 Å². The highest BCUT2D eigenvalue weighted by Gasteiger charge is 2.23. The number of hydrogen-bond donors (Lipinski definition) is 0. The minimum atomic E-state index is -0.687. The number of halogens is 1. The van der Waals surface area contributed by atoms with Crippen molar-refractivity contribution in [2.75, 3.05) is 0 Å². The van der Waals surface area contributed by atoms with E-state index in [1.807, 2.05) is 42.5 Å². The summed E-state index contributed by atoms with van der Waals surface area (Å²) in [6.07, 6.45) is -0.687. The molecule has 2 aromatic carbocycles. The Kier molecular flexibility index (Phi) is 5.42. The number of rotatable bonds is 5. The van der Waals surface area contributed by atoms with Gasteiger partial charge in [0.15, 0.2) is 6.10 Å². The lowest BCUT2D eigenvalue weighted by atomic mass is 10.2. The summed E-state index contributed by atoms with van der Waals surface area (Å²) in [6, 6.07) is 16.7. The van der Waals surface area contributed by atoms with Crippen molar-refractivity contribution in [2.45, 2.75) is 20.0 Å². The molecule has 0 saturated heterocycles. The summed E-state index contributed by atoms with van der Waals surface area (Å²) in [7, 11) is 0. The summed E-state index contributed by atoms with van der Waals surface area (Å²) in [4.78, 5) is 17.6. The minimum Gasteiger partial charge on any atom is -0.448 e. The van der Waals surface area contributed by atoms with E-state index in [9.17, 15) is 4.79 Å². The molecule has 2 aromatic heterocycles. The average molecular weight is 426 g/mol. The predicted molar refractivity (Wildman–Crippen MR) is 111 cm³/mol. The first-order chi connectivity index (χ1) is 14.0. The minimum absolute atomic E-state index is 0.234. The lowest BCUT2D eigenvalue weighted by Gasteiger charge is -2.08. The second-order valence-corrected chi connectivity index (χ2v) is 7.73. The Morgan fingerprint density at radius 3 is 2.52 bits per heavy atom. The highest BCUT2D eigenvalue weighted by Crippen LogP contribution is 2.30. The number of ether oxygens (including phenoxy) is 1. The molecular weight excluding hydrogens is 410 g/mol. The SMILES string of the molecule is Cc1nc(-c2ccc(Cl)cc2)sc1C(=O)OC(C)c1nnc(-c2ccccc2)o1. The van der Waals surface area contributed by atoms with Crippen molar-refractivity contribution in [1.29, 1.82) is 0 Å². The van der Waals surface area contributed by atoms with Crippen LogP contribution < -0.4 is 0 Å². The van der Waals surface area contributed by atoms with Crippen LogP contribution in [-0.4, -0.2) is 21.2 Å². The van der Waals surface area contributed by atoms with Crippen LogP contribution in [0.3, 0.4) is 0 Å². The molecular formula is C21H16ClN3O3S. The standard InChI is InChI=1S/C21H16ClN3O3S/c1-12-17(29-20(23-12)15-8-10-16(22)11-9-15)21(26)27-13(2)18-24-25-19(28-18)14-6-4-3-5-7-14/h3-11,13H,1-2H3. The molecule has 146 valence electrons. The number of carbonyl (C=O) groups excluding carboxylic acids is 1. The zero-order chi connectivity index (χ0) is 20.4. The molecule has 0 N–H and O–H groups in total. The lowest BCUT2D eigenvalue weighted by Crippen LogP contribution is -2.09. The molecule has 0 aliphatic carbocycles. The smallest absolute Gasteiger partial charge is 0.351 e. The molecule has 0 spiro atoms. The number of aryl methyl sites for hydroxylation is 1. The summed E-state index contributed by atoms with van der Waals surface area (Å²) in [5.74, 6) is 0.131. The molecule has 0 aliphatic rings. The molecule has 4 rings (SSSR count). The molecule has 2 heterocycles. The Balaban J connectivity index is 1.49. The Bertz CT molecular complexity index is 1140. The van der Waals surface area contributed by atoms with Crippen LogP contribution in [0.15, 0.2) is 59.0 Å². The van der Waals surface area contributed by atoms with Crippen LogP contribution in [0.4, 0.5) is 0 Å². The molecule has 0 aliphatic heterocycles. The molecule has 0 bridgehead atoms. The molecule has 1 atom stereocenters. The normalized spacial score (nSPS) is 12.0. The van der Waals surface area contributed by atoms with Gasteiger partial charge in [-0.1, -0.05) is 41.9 Å². The van der Waals surface area contributed by atoms with E-state index < -0.39 is 12.1 Å². The van der Waals surface area contributed by atoms with Gasteiger partial charge in [0, 0.05) is 16.1 Å². The van der Waals surface area contributed by atoms with Crippen LogP contribution in [0.1, 0.15) is 34.3 Å². The Morgan fingerprint density at radius 1 is 1.07 bits per heavy atom. The summed E-state index contributed by atoms with van der Waals surface area (Å²) < 4.78 is 11.2. The van der Waals surface area contributed by atoms with Gasteiger partial charge in [0.25, 0.3) is 5.89 Å². The van der Waals surface area contributed by atoms with E-state index in [0.717, 1.165) is 16.1 Å². The molecule has 6 nitrogen and oxygen atoms in total. The second kappa shape index (κ2) is 8.14. The number of aromatic nitrogens is 3. The van der Waals surface area contributed by atoms with Gasteiger partial charge < -0.3 is 9.15 Å². The van der Waals surface area contributed by atoms with Gasteiger partial charge in [0.2, 0.25) is 5.89 Å². The van der Waals surface area contributed by atoms with Crippen molar-refractivity contribution in [1.82, 2.24) is 15.2 Å². The molecule has 4 aromatic rings. The summed E-state index contributed by atoms with van der Waals surface area (Å²) in [5.41, 5.74) is 2.29. The van der Waals surface area contributed by atoms with Crippen molar-refractivity contribution in [3.8, 4) is 22.0 Å². The van der Waals surface area contributed by atoms with Gasteiger partial charge >= 0.3 is 5.97 Å². The van der Waals surface area contributed by atoms with Gasteiger partial charge in [-0.05, 0) is 38.1 Å². The fourth-order valence-corrected chi connectivity index (χ4v) is 3.74. The van der Waals surface area contributed by atoms with E-state index in [-0.39, 0.29) is 5.89 Å². The number of hydrogen-bond acceptors (Lipinski definition) is 7. The number of nitrogens with zero attached hydrogens (tertiary/aromatic N) is 3. The zero-order valence-electron chi connectivity index (χ0n) is 15.6. The third-order valence-corrected chi connectivity index (χ3v) is 5.60. The fourth-order valence-electron chi connectivity index (χ4n) is 2.66. The van der Waals surface area contributed by atoms with Crippen molar-refractivity contribution < 1.29 is 13.9 Å². The second-order valence-electron chi connectivity index (χ2n) is 6.30. The van der Waals surface area contributed by atoms with Crippen molar-refractivity contribution in [3.05, 3.63) is 76.1 Å². The highest BCUT2D eigenvalue weighted by molar-refractivity contribution is 7.17. The maximum Gasteiger partial charge on any atom is 0.351 e. The number of carbonyl (C=O) groups is 1. The van der Waals surface area contributed by atoms with E-state index in [1.54, 1.807) is 26.0 Å². The van der Waals surface area contributed by atoms with E-state index in [2.05, 4.69) is 15.2 Å². The van der Waals surface area contributed by atoms with Crippen molar-refractivity contribution >= 4 is 28.9 Å². The van der Waals surface area contributed by atoms with Crippen LogP contribution in [0.25, 0.3) is 22.0 Å². The molecule has 0 amide bonds. The quantitative estimate of drug-likeness (QED) is 0.379. The maximum absolute atomic E-state index is 12.7. The number of benzene rings is 2. The summed E-state index contributed by atoms with van der Waals surface area (Å²) in [6.45, 7) is 3.47. The first kappa shape index (κ1) is 19.3. The van der Waals surface area contributed by atoms with E-state index in [0.29, 0.717) is 21.5 Å². The molecule has 8 heteroatoms. The third-order valence-electron chi connectivity index (χ3n) is 4.17. The van der Waals surface area contributed by atoms with Crippen LogP contribution >= 0.6 is 22.9 Å². The van der Waals surface area contributed by atoms with Crippen molar-refractivity contribution in [3.63, 3.8) is 0 Å². The van der Waals surface area contributed by atoms with Gasteiger partial charge in [-0.2, -0.15) is 0 Å². The van der Waals surface area contributed by atoms with E-state index in [4.69, 9.17) is 20.8 Å². The van der Waals surface area contributed by atoms with Crippen LogP contribution in [0.2, 0.25) is 5.02 Å². The lowest BCUT2D eigenvalue weighted by molar-refractivity contribution is 0.0284. The highest BCUT2D eigenvalue weighted by atomic mass is 35.5. The molecule has 0 saturated carbocycles. The molecule has 1 unspecified atom stereocenters.